The van der Waals surface area contributed by atoms with Crippen LogP contribution < -0.4 is 9.64 Å². The van der Waals surface area contributed by atoms with Crippen LogP contribution in [0.3, 0.4) is 0 Å². The molecular weight excluding hydrogens is 385 g/mol. The molecule has 1 spiro atoms. The van der Waals surface area contributed by atoms with Crippen molar-refractivity contribution in [3.8, 4) is 5.75 Å². The van der Waals surface area contributed by atoms with Crippen LogP contribution in [0.1, 0.15) is 46.5 Å². The summed E-state index contributed by atoms with van der Waals surface area (Å²) >= 11 is 0. The summed E-state index contributed by atoms with van der Waals surface area (Å²) in [6, 6.07) is 5.38. The van der Waals surface area contributed by atoms with Crippen LogP contribution in [0.15, 0.2) is 24.3 Å². The Hall–Kier alpha value is -2.25. The van der Waals surface area contributed by atoms with Gasteiger partial charge in [0.05, 0.1) is 5.41 Å². The zero-order valence-electron chi connectivity index (χ0n) is 17.0. The highest BCUT2D eigenvalue weighted by molar-refractivity contribution is 6.00. The van der Waals surface area contributed by atoms with Crippen LogP contribution >= 0.6 is 0 Å². The highest BCUT2D eigenvalue weighted by atomic mass is 19.4. The van der Waals surface area contributed by atoms with E-state index in [0.29, 0.717) is 51.0 Å². The van der Waals surface area contributed by atoms with Crippen molar-refractivity contribution in [1.29, 1.82) is 0 Å². The Morgan fingerprint density at radius 3 is 2.10 bits per heavy atom. The lowest BCUT2D eigenvalue weighted by atomic mass is 9.77. The largest absolute Gasteiger partial charge is 0.573 e. The number of benzene rings is 1. The highest BCUT2D eigenvalue weighted by Gasteiger charge is 2.49. The molecule has 0 N–H and O–H groups in total. The number of ether oxygens (including phenoxy) is 1. The Morgan fingerprint density at radius 2 is 1.59 bits per heavy atom. The summed E-state index contributed by atoms with van der Waals surface area (Å²) in [7, 11) is 0. The van der Waals surface area contributed by atoms with Gasteiger partial charge in [-0.2, -0.15) is 0 Å². The minimum absolute atomic E-state index is 0.00934. The summed E-state index contributed by atoms with van der Waals surface area (Å²) in [6.45, 7) is 7.73. The first-order chi connectivity index (χ1) is 13.4. The summed E-state index contributed by atoms with van der Waals surface area (Å²) in [5.74, 6) is -0.201. The minimum atomic E-state index is -4.74. The second kappa shape index (κ2) is 7.54. The fraction of sp³-hybridized carbons (Fsp3) is 0.619. The number of likely N-dealkylation sites (tertiary alicyclic amines) is 1. The van der Waals surface area contributed by atoms with Crippen LogP contribution in [0, 0.1) is 10.8 Å². The molecule has 2 aliphatic rings. The van der Waals surface area contributed by atoms with Gasteiger partial charge in [0, 0.05) is 31.7 Å². The van der Waals surface area contributed by atoms with Crippen molar-refractivity contribution in [1.82, 2.24) is 4.90 Å². The standard InChI is InChI=1S/C21H27F3N2O3/c1-19(2,3)14-17(27)25-11-8-20(9-12-25)10-13-26(18(20)28)15-4-6-16(7-5-15)29-21(22,23)24/h4-7H,8-14H2,1-3H3. The van der Waals surface area contributed by atoms with E-state index in [4.69, 9.17) is 0 Å². The van der Waals surface area contributed by atoms with Crippen LogP contribution in [0.5, 0.6) is 5.75 Å². The molecule has 29 heavy (non-hydrogen) atoms. The first-order valence-electron chi connectivity index (χ1n) is 9.84. The number of hydrogen-bond donors (Lipinski definition) is 0. The molecular formula is C21H27F3N2O3. The van der Waals surface area contributed by atoms with Crippen molar-refractivity contribution in [3.63, 3.8) is 0 Å². The Balaban J connectivity index is 1.62. The van der Waals surface area contributed by atoms with Gasteiger partial charge < -0.3 is 14.5 Å². The Bertz CT molecular complexity index is 761. The molecule has 0 bridgehead atoms. The van der Waals surface area contributed by atoms with Gasteiger partial charge in [-0.05, 0) is 48.9 Å². The maximum atomic E-state index is 13.1. The van der Waals surface area contributed by atoms with E-state index in [-0.39, 0.29) is 23.0 Å². The van der Waals surface area contributed by atoms with E-state index >= 15 is 0 Å². The molecule has 2 aliphatic heterocycles. The summed E-state index contributed by atoms with van der Waals surface area (Å²) in [4.78, 5) is 29.0. The molecule has 0 atom stereocenters. The molecule has 8 heteroatoms. The smallest absolute Gasteiger partial charge is 0.406 e. The lowest BCUT2D eigenvalue weighted by Crippen LogP contribution is -2.47. The van der Waals surface area contributed by atoms with Crippen molar-refractivity contribution >= 4 is 17.5 Å². The van der Waals surface area contributed by atoms with Gasteiger partial charge in [-0.15, -0.1) is 13.2 Å². The molecule has 2 fully saturated rings. The topological polar surface area (TPSA) is 49.9 Å². The molecule has 0 radical (unpaired) electrons. The molecule has 2 heterocycles. The van der Waals surface area contributed by atoms with E-state index in [2.05, 4.69) is 4.74 Å². The molecule has 1 aromatic rings. The summed E-state index contributed by atoms with van der Waals surface area (Å²) < 4.78 is 40.8. The zero-order valence-corrected chi connectivity index (χ0v) is 17.0. The molecule has 3 rings (SSSR count). The van der Waals surface area contributed by atoms with Gasteiger partial charge in [-0.1, -0.05) is 20.8 Å². The zero-order chi connectivity index (χ0) is 21.4. The van der Waals surface area contributed by atoms with E-state index in [1.54, 1.807) is 4.90 Å². The number of carbonyl (C=O) groups is 2. The first-order valence-corrected chi connectivity index (χ1v) is 9.84. The SMILES string of the molecule is CC(C)(C)CC(=O)N1CCC2(CC1)CCN(c1ccc(OC(F)(F)F)cc1)C2=O. The molecule has 5 nitrogen and oxygen atoms in total. The maximum absolute atomic E-state index is 13.1. The van der Waals surface area contributed by atoms with Crippen LogP contribution in [0.25, 0.3) is 0 Å². The fourth-order valence-corrected chi connectivity index (χ4v) is 4.11. The van der Waals surface area contributed by atoms with Gasteiger partial charge in [0.2, 0.25) is 11.8 Å². The van der Waals surface area contributed by atoms with Crippen LogP contribution in [0.2, 0.25) is 0 Å². The predicted octanol–water partition coefficient (Wildman–Crippen LogP) is 4.37. The molecule has 1 aromatic carbocycles. The lowest BCUT2D eigenvalue weighted by Gasteiger charge is -2.38. The highest BCUT2D eigenvalue weighted by Crippen LogP contribution is 2.43. The average Bonchev–Trinajstić information content (AvgIpc) is 2.90. The van der Waals surface area contributed by atoms with Crippen LogP contribution in [-0.2, 0) is 9.59 Å². The maximum Gasteiger partial charge on any atom is 0.573 e. The van der Waals surface area contributed by atoms with Crippen LogP contribution in [0.4, 0.5) is 18.9 Å². The minimum Gasteiger partial charge on any atom is -0.406 e. The van der Waals surface area contributed by atoms with Crippen molar-refractivity contribution in [2.45, 2.75) is 52.8 Å². The van der Waals surface area contributed by atoms with E-state index < -0.39 is 11.8 Å². The quantitative estimate of drug-likeness (QED) is 0.741. The van der Waals surface area contributed by atoms with E-state index in [1.165, 1.54) is 24.3 Å². The van der Waals surface area contributed by atoms with Gasteiger partial charge >= 0.3 is 6.36 Å². The number of nitrogens with zero attached hydrogens (tertiary/aromatic N) is 2. The molecule has 0 aliphatic carbocycles. The normalized spacial score (nSPS) is 19.7. The third kappa shape index (κ3) is 5.03. The van der Waals surface area contributed by atoms with Gasteiger partial charge in [-0.3, -0.25) is 9.59 Å². The molecule has 0 aromatic heterocycles. The first kappa shape index (κ1) is 21.5. The molecule has 160 valence electrons. The summed E-state index contributed by atoms with van der Waals surface area (Å²) in [6.07, 6.45) is -2.34. The summed E-state index contributed by atoms with van der Waals surface area (Å²) in [5.41, 5.74) is 0.000961. The molecule has 2 amide bonds. The van der Waals surface area contributed by atoms with Gasteiger partial charge in [-0.25, -0.2) is 0 Å². The Kier molecular flexibility index (Phi) is 5.58. The van der Waals surface area contributed by atoms with Gasteiger partial charge in [0.1, 0.15) is 5.75 Å². The van der Waals surface area contributed by atoms with E-state index in [0.717, 1.165) is 0 Å². The third-order valence-electron chi connectivity index (χ3n) is 5.65. The van der Waals surface area contributed by atoms with Crippen molar-refractivity contribution in [3.05, 3.63) is 24.3 Å². The number of rotatable bonds is 3. The van der Waals surface area contributed by atoms with E-state index in [9.17, 15) is 22.8 Å². The number of halogens is 3. The van der Waals surface area contributed by atoms with Crippen LogP contribution in [-0.4, -0.2) is 42.7 Å². The van der Waals surface area contributed by atoms with Crippen molar-refractivity contribution < 1.29 is 27.5 Å². The van der Waals surface area contributed by atoms with E-state index in [1.807, 2.05) is 25.7 Å². The van der Waals surface area contributed by atoms with Gasteiger partial charge in [0.15, 0.2) is 0 Å². The monoisotopic (exact) mass is 412 g/mol. The number of carbonyl (C=O) groups excluding carboxylic acids is 2. The second-order valence-electron chi connectivity index (χ2n) is 9.15. The van der Waals surface area contributed by atoms with Crippen molar-refractivity contribution in [2.24, 2.45) is 10.8 Å². The summed E-state index contributed by atoms with van der Waals surface area (Å²) in [5, 5.41) is 0. The molecule has 0 unspecified atom stereocenters. The molecule has 2 saturated heterocycles. The number of alkyl halides is 3. The third-order valence-corrected chi connectivity index (χ3v) is 5.65. The Labute approximate surface area is 168 Å². The average molecular weight is 412 g/mol. The fourth-order valence-electron chi connectivity index (χ4n) is 4.11. The Morgan fingerprint density at radius 1 is 1.03 bits per heavy atom. The number of piperidine rings is 1. The predicted molar refractivity (Wildman–Crippen MR) is 102 cm³/mol. The number of anilines is 1. The van der Waals surface area contributed by atoms with Gasteiger partial charge in [0.25, 0.3) is 0 Å². The van der Waals surface area contributed by atoms with Crippen molar-refractivity contribution in [2.75, 3.05) is 24.5 Å². The second-order valence-corrected chi connectivity index (χ2v) is 9.15. The lowest BCUT2D eigenvalue weighted by molar-refractivity contribution is -0.274. The number of hydrogen-bond acceptors (Lipinski definition) is 3. The molecule has 0 saturated carbocycles. The number of amides is 2.